The number of fused-ring (bicyclic) bond motifs is 2. The molecule has 0 radical (unpaired) electrons. The molecule has 3 N–H and O–H groups in total. The predicted octanol–water partition coefficient (Wildman–Crippen LogP) is 1.28. The Morgan fingerprint density at radius 1 is 1.30 bits per heavy atom. The van der Waals surface area contributed by atoms with Crippen molar-refractivity contribution in [1.29, 1.82) is 0 Å². The molecule has 10 heteroatoms. The highest BCUT2D eigenvalue weighted by atomic mass is 35.5. The number of rotatable bonds is 3. The number of aliphatic hydroxyl groups excluding tert-OH is 1. The summed E-state index contributed by atoms with van der Waals surface area (Å²) >= 11 is 5.94. The van der Waals surface area contributed by atoms with Gasteiger partial charge in [0.1, 0.15) is 23.4 Å². The standard InChI is InChI=1S/C20H17ClN4O5/c21-10-3-1-9(2-4-10)11-7-12-17(23-11)19(28)25-14(5-6-15(25)22-12)18(27)24-13-8-16(26)30-20(13)29/h1-4,7,13-14,20,23,29H,5-6,8H2,(H,24,27). The first-order valence-corrected chi connectivity index (χ1v) is 9.86. The summed E-state index contributed by atoms with van der Waals surface area (Å²) in [4.78, 5) is 44.9. The number of hydrogen-bond donors (Lipinski definition) is 3. The highest BCUT2D eigenvalue weighted by Gasteiger charge is 2.38. The number of nitrogens with one attached hydrogen (secondary N) is 2. The first-order valence-electron chi connectivity index (χ1n) is 9.49. The van der Waals surface area contributed by atoms with Crippen molar-refractivity contribution >= 4 is 34.5 Å². The minimum atomic E-state index is -1.38. The van der Waals surface area contributed by atoms with Crippen molar-refractivity contribution in [2.75, 3.05) is 0 Å². The van der Waals surface area contributed by atoms with Gasteiger partial charge < -0.3 is 20.1 Å². The molecule has 4 heterocycles. The smallest absolute Gasteiger partial charge is 0.310 e. The summed E-state index contributed by atoms with van der Waals surface area (Å²) in [5.74, 6) is -0.515. The molecule has 0 aliphatic carbocycles. The predicted molar refractivity (Wildman–Crippen MR) is 107 cm³/mol. The first-order chi connectivity index (χ1) is 14.4. The van der Waals surface area contributed by atoms with Crippen LogP contribution in [0.5, 0.6) is 0 Å². The number of halogens is 1. The van der Waals surface area contributed by atoms with Gasteiger partial charge in [0.2, 0.25) is 12.2 Å². The number of cyclic esters (lactones) is 1. The third-order valence-electron chi connectivity index (χ3n) is 5.48. The number of ether oxygens (including phenoxy) is 1. The van der Waals surface area contributed by atoms with E-state index in [1.165, 1.54) is 4.57 Å². The van der Waals surface area contributed by atoms with E-state index >= 15 is 0 Å². The van der Waals surface area contributed by atoms with Gasteiger partial charge in [-0.25, -0.2) is 4.98 Å². The lowest BCUT2D eigenvalue weighted by Gasteiger charge is -2.18. The van der Waals surface area contributed by atoms with Crippen LogP contribution in [0.3, 0.4) is 0 Å². The molecule has 0 saturated carbocycles. The number of aromatic nitrogens is 3. The summed E-state index contributed by atoms with van der Waals surface area (Å²) in [6.45, 7) is 0. The second-order valence-electron chi connectivity index (χ2n) is 7.41. The fourth-order valence-electron chi connectivity index (χ4n) is 4.00. The maximum absolute atomic E-state index is 13.1. The average Bonchev–Trinajstić information content (AvgIpc) is 3.40. The van der Waals surface area contributed by atoms with Crippen molar-refractivity contribution in [2.45, 2.75) is 37.6 Å². The zero-order valence-corrected chi connectivity index (χ0v) is 16.3. The van der Waals surface area contributed by atoms with Crippen LogP contribution in [0.1, 0.15) is 24.7 Å². The highest BCUT2D eigenvalue weighted by Crippen LogP contribution is 2.28. The van der Waals surface area contributed by atoms with Crippen molar-refractivity contribution in [1.82, 2.24) is 19.9 Å². The molecule has 2 aliphatic rings. The molecule has 5 rings (SSSR count). The lowest BCUT2D eigenvalue weighted by Crippen LogP contribution is -2.44. The molecule has 2 aliphatic heterocycles. The second-order valence-corrected chi connectivity index (χ2v) is 7.84. The van der Waals surface area contributed by atoms with Crippen molar-refractivity contribution in [3.05, 3.63) is 51.5 Å². The number of aryl methyl sites for hydroxylation is 1. The molecule has 0 spiro atoms. The number of benzene rings is 1. The van der Waals surface area contributed by atoms with Gasteiger partial charge in [-0.05, 0) is 30.2 Å². The Kier molecular flexibility index (Phi) is 4.37. The number of aliphatic hydroxyl groups is 1. The number of amides is 1. The van der Waals surface area contributed by atoms with Crippen LogP contribution in [-0.2, 0) is 20.7 Å². The van der Waals surface area contributed by atoms with E-state index in [-0.39, 0.29) is 12.0 Å². The van der Waals surface area contributed by atoms with Crippen molar-refractivity contribution in [2.24, 2.45) is 0 Å². The van der Waals surface area contributed by atoms with Crippen molar-refractivity contribution < 1.29 is 19.4 Å². The summed E-state index contributed by atoms with van der Waals surface area (Å²) < 4.78 is 6.03. The summed E-state index contributed by atoms with van der Waals surface area (Å²) in [6, 6.07) is 7.39. The summed E-state index contributed by atoms with van der Waals surface area (Å²) in [5.41, 5.74) is 2.08. The summed E-state index contributed by atoms with van der Waals surface area (Å²) in [6.07, 6.45) is -0.625. The van der Waals surface area contributed by atoms with Crippen LogP contribution in [-0.4, -0.2) is 43.8 Å². The zero-order valence-electron chi connectivity index (χ0n) is 15.6. The molecule has 2 aromatic heterocycles. The molecule has 0 bridgehead atoms. The monoisotopic (exact) mass is 428 g/mol. The SMILES string of the molecule is O=C1CC(NC(=O)C2CCc3nc4cc(-c5ccc(Cl)cc5)[nH]c4c(=O)n32)C(O)O1. The average molecular weight is 429 g/mol. The number of nitrogens with zero attached hydrogens (tertiary/aromatic N) is 2. The quantitative estimate of drug-likeness (QED) is 0.539. The molecule has 1 fully saturated rings. The van der Waals surface area contributed by atoms with Crippen LogP contribution in [0, 0.1) is 0 Å². The fourth-order valence-corrected chi connectivity index (χ4v) is 4.12. The third kappa shape index (κ3) is 3.06. The molecule has 1 saturated heterocycles. The number of aromatic amines is 1. The van der Waals surface area contributed by atoms with Crippen LogP contribution in [0.25, 0.3) is 22.3 Å². The first kappa shape index (κ1) is 18.8. The molecule has 9 nitrogen and oxygen atoms in total. The maximum Gasteiger partial charge on any atom is 0.310 e. The van der Waals surface area contributed by atoms with Gasteiger partial charge in [-0.3, -0.25) is 19.0 Å². The van der Waals surface area contributed by atoms with E-state index in [2.05, 4.69) is 20.0 Å². The Morgan fingerprint density at radius 3 is 2.77 bits per heavy atom. The molecule has 1 amide bonds. The van der Waals surface area contributed by atoms with Gasteiger partial charge in [-0.15, -0.1) is 0 Å². The van der Waals surface area contributed by atoms with E-state index in [0.717, 1.165) is 11.3 Å². The van der Waals surface area contributed by atoms with Crippen LogP contribution < -0.4 is 10.9 Å². The fraction of sp³-hybridized carbons (Fsp3) is 0.300. The molecule has 1 aromatic carbocycles. The highest BCUT2D eigenvalue weighted by molar-refractivity contribution is 6.30. The van der Waals surface area contributed by atoms with Gasteiger partial charge in [0, 0.05) is 17.1 Å². The summed E-state index contributed by atoms with van der Waals surface area (Å²) in [7, 11) is 0. The molecule has 154 valence electrons. The Bertz CT molecular complexity index is 1230. The number of carbonyl (C=O) groups excluding carboxylic acids is 2. The molecule has 3 aromatic rings. The van der Waals surface area contributed by atoms with E-state index < -0.39 is 30.3 Å². The van der Waals surface area contributed by atoms with E-state index in [1.807, 2.05) is 12.1 Å². The van der Waals surface area contributed by atoms with Gasteiger partial charge >= 0.3 is 5.97 Å². The van der Waals surface area contributed by atoms with Crippen LogP contribution in [0.4, 0.5) is 0 Å². The molecule has 3 unspecified atom stereocenters. The lowest BCUT2D eigenvalue weighted by atomic mass is 10.1. The topological polar surface area (TPSA) is 126 Å². The maximum atomic E-state index is 13.1. The normalized spacial score (nSPS) is 22.9. The molecular formula is C20H17ClN4O5. The van der Waals surface area contributed by atoms with Crippen LogP contribution in [0.15, 0.2) is 35.1 Å². The van der Waals surface area contributed by atoms with Gasteiger partial charge in [0.15, 0.2) is 0 Å². The molecule has 3 atom stereocenters. The lowest BCUT2D eigenvalue weighted by molar-refractivity contribution is -0.155. The third-order valence-corrected chi connectivity index (χ3v) is 5.73. The minimum Gasteiger partial charge on any atom is -0.434 e. The largest absolute Gasteiger partial charge is 0.434 e. The number of hydrogen-bond acceptors (Lipinski definition) is 6. The second kappa shape index (κ2) is 6.96. The van der Waals surface area contributed by atoms with E-state index in [0.29, 0.717) is 34.7 Å². The van der Waals surface area contributed by atoms with E-state index in [9.17, 15) is 19.5 Å². The number of H-pyrrole nitrogens is 1. The Labute approximate surface area is 174 Å². The number of carbonyl (C=O) groups is 2. The van der Waals surface area contributed by atoms with Gasteiger partial charge in [-0.2, -0.15) is 0 Å². The molecular weight excluding hydrogens is 412 g/mol. The van der Waals surface area contributed by atoms with Crippen molar-refractivity contribution in [3.8, 4) is 11.3 Å². The van der Waals surface area contributed by atoms with Gasteiger partial charge in [0.05, 0.1) is 11.9 Å². The van der Waals surface area contributed by atoms with Crippen molar-refractivity contribution in [3.63, 3.8) is 0 Å². The zero-order chi connectivity index (χ0) is 21.0. The van der Waals surface area contributed by atoms with E-state index in [1.54, 1.807) is 18.2 Å². The number of esters is 1. The Balaban J connectivity index is 1.48. The minimum absolute atomic E-state index is 0.111. The van der Waals surface area contributed by atoms with Gasteiger partial charge in [-0.1, -0.05) is 23.7 Å². The molecule has 30 heavy (non-hydrogen) atoms. The van der Waals surface area contributed by atoms with Gasteiger partial charge in [0.25, 0.3) is 5.56 Å². The Hall–Kier alpha value is -3.17. The van der Waals surface area contributed by atoms with Crippen LogP contribution in [0.2, 0.25) is 5.02 Å². The van der Waals surface area contributed by atoms with E-state index in [4.69, 9.17) is 11.6 Å². The Morgan fingerprint density at radius 2 is 2.07 bits per heavy atom. The summed E-state index contributed by atoms with van der Waals surface area (Å²) in [5, 5.41) is 12.9. The van der Waals surface area contributed by atoms with Crippen LogP contribution >= 0.6 is 11.6 Å².